The first-order valence-electron chi connectivity index (χ1n) is 13.0. The van der Waals surface area contributed by atoms with Gasteiger partial charge in [0, 0.05) is 22.6 Å². The first-order chi connectivity index (χ1) is 19.7. The summed E-state index contributed by atoms with van der Waals surface area (Å²) in [6.45, 7) is 6.44. The molecule has 0 saturated heterocycles. The summed E-state index contributed by atoms with van der Waals surface area (Å²) < 4.78 is 54.1. The van der Waals surface area contributed by atoms with Gasteiger partial charge in [0.25, 0.3) is 10.0 Å². The Hall–Kier alpha value is -3.64. The number of nitrogens with zero attached hydrogens (tertiary/aromatic N) is 2. The third kappa shape index (κ3) is 8.22. The Morgan fingerprint density at radius 2 is 1.55 bits per heavy atom. The number of carbonyl (C=O) groups excluding carboxylic acids is 2. The van der Waals surface area contributed by atoms with Crippen molar-refractivity contribution < 1.29 is 31.9 Å². The molecular weight excluding hydrogens is 629 g/mol. The third-order valence-corrected chi connectivity index (χ3v) is 8.57. The molecule has 0 bridgehead atoms. The van der Waals surface area contributed by atoms with E-state index in [-0.39, 0.29) is 22.9 Å². The molecule has 0 aliphatic rings. The highest BCUT2D eigenvalue weighted by molar-refractivity contribution is 9.10. The van der Waals surface area contributed by atoms with E-state index in [1.54, 1.807) is 19.1 Å². The molecule has 3 aromatic carbocycles. The number of rotatable bonds is 11. The van der Waals surface area contributed by atoms with Crippen LogP contribution in [0, 0.1) is 5.82 Å². The maximum Gasteiger partial charge on any atom is 0.264 e. The molecule has 12 heteroatoms. The van der Waals surface area contributed by atoms with Crippen molar-refractivity contribution in [3.05, 3.63) is 82.6 Å². The summed E-state index contributed by atoms with van der Waals surface area (Å²) in [6.07, 6.45) is 0. The first-order valence-corrected chi connectivity index (χ1v) is 15.3. The average Bonchev–Trinajstić information content (AvgIpc) is 2.94. The van der Waals surface area contributed by atoms with Crippen molar-refractivity contribution >= 4 is 43.5 Å². The third-order valence-electron chi connectivity index (χ3n) is 6.27. The molecule has 0 saturated carbocycles. The van der Waals surface area contributed by atoms with Crippen LogP contribution in [0.5, 0.6) is 11.5 Å². The lowest BCUT2D eigenvalue weighted by atomic mass is 10.1. The van der Waals surface area contributed by atoms with E-state index in [0.717, 1.165) is 26.5 Å². The Morgan fingerprint density at radius 1 is 0.952 bits per heavy atom. The number of nitrogens with one attached hydrogen (secondary N) is 1. The molecule has 0 aliphatic carbocycles. The zero-order valence-electron chi connectivity index (χ0n) is 24.4. The van der Waals surface area contributed by atoms with Gasteiger partial charge in [-0.1, -0.05) is 28.1 Å². The lowest BCUT2D eigenvalue weighted by molar-refractivity contribution is -0.140. The van der Waals surface area contributed by atoms with Gasteiger partial charge in [-0.3, -0.25) is 13.9 Å². The topological polar surface area (TPSA) is 105 Å². The maximum absolute atomic E-state index is 14.0. The Kier molecular flexibility index (Phi) is 10.6. The van der Waals surface area contributed by atoms with Gasteiger partial charge in [0.05, 0.1) is 24.8 Å². The van der Waals surface area contributed by atoms with Crippen LogP contribution in [-0.4, -0.2) is 57.5 Å². The normalized spacial score (nSPS) is 12.3. The number of carbonyl (C=O) groups is 2. The minimum Gasteiger partial charge on any atom is -0.493 e. The fraction of sp³-hybridized carbons (Fsp3) is 0.333. The van der Waals surface area contributed by atoms with Crippen LogP contribution in [0.1, 0.15) is 33.3 Å². The lowest BCUT2D eigenvalue weighted by Crippen LogP contribution is -2.54. The van der Waals surface area contributed by atoms with Gasteiger partial charge in [0.1, 0.15) is 18.4 Å². The number of anilines is 1. The minimum atomic E-state index is -4.39. The van der Waals surface area contributed by atoms with Gasteiger partial charge in [-0.05, 0) is 81.8 Å². The Labute approximate surface area is 254 Å². The van der Waals surface area contributed by atoms with E-state index >= 15 is 0 Å². The summed E-state index contributed by atoms with van der Waals surface area (Å²) in [7, 11) is -1.59. The van der Waals surface area contributed by atoms with E-state index in [2.05, 4.69) is 21.2 Å². The molecule has 2 amide bonds. The largest absolute Gasteiger partial charge is 0.493 e. The SMILES string of the molecule is COc1ccc(S(=O)(=O)N(CC(=O)N(Cc2ccc(Br)cc2)[C@@H](C)C(=O)NC(C)(C)C)c2ccc(F)cc2)cc1OC. The summed E-state index contributed by atoms with van der Waals surface area (Å²) in [4.78, 5) is 28.3. The van der Waals surface area contributed by atoms with Crippen LogP contribution in [-0.2, 0) is 26.2 Å². The van der Waals surface area contributed by atoms with Crippen LogP contribution in [0.15, 0.2) is 76.1 Å². The first kappa shape index (κ1) is 32.9. The van der Waals surface area contributed by atoms with E-state index in [4.69, 9.17) is 9.47 Å². The van der Waals surface area contributed by atoms with Gasteiger partial charge in [-0.2, -0.15) is 0 Å². The van der Waals surface area contributed by atoms with Crippen molar-refractivity contribution in [1.82, 2.24) is 10.2 Å². The molecular formula is C30H35BrFN3O6S. The molecule has 3 rings (SSSR count). The molecule has 9 nitrogen and oxygen atoms in total. The van der Waals surface area contributed by atoms with E-state index < -0.39 is 45.8 Å². The smallest absolute Gasteiger partial charge is 0.264 e. The highest BCUT2D eigenvalue weighted by Crippen LogP contribution is 2.32. The highest BCUT2D eigenvalue weighted by atomic mass is 79.9. The van der Waals surface area contributed by atoms with Crippen molar-refractivity contribution in [2.45, 2.75) is 50.7 Å². The summed E-state index contributed by atoms with van der Waals surface area (Å²) in [5.74, 6) is -1.11. The molecule has 1 atom stereocenters. The monoisotopic (exact) mass is 663 g/mol. The van der Waals surface area contributed by atoms with E-state index in [1.807, 2.05) is 32.9 Å². The maximum atomic E-state index is 14.0. The molecule has 0 aromatic heterocycles. The number of benzene rings is 3. The molecule has 0 heterocycles. The van der Waals surface area contributed by atoms with Crippen LogP contribution in [0.4, 0.5) is 10.1 Å². The van der Waals surface area contributed by atoms with Crippen molar-refractivity contribution in [3.8, 4) is 11.5 Å². The van der Waals surface area contributed by atoms with Crippen LogP contribution < -0.4 is 19.1 Å². The second kappa shape index (κ2) is 13.6. The van der Waals surface area contributed by atoms with Crippen molar-refractivity contribution in [2.24, 2.45) is 0 Å². The predicted octanol–water partition coefficient (Wildman–Crippen LogP) is 5.13. The van der Waals surface area contributed by atoms with E-state index in [1.165, 1.54) is 49.5 Å². The van der Waals surface area contributed by atoms with Crippen LogP contribution in [0.3, 0.4) is 0 Å². The standard InChI is InChI=1S/C30H35BrFN3O6S/c1-20(29(37)33-30(2,3)4)34(18-21-7-9-22(31)10-8-21)28(36)19-35(24-13-11-23(32)12-14-24)42(38,39)25-15-16-26(40-5)27(17-25)41-6/h7-17,20H,18-19H2,1-6H3,(H,33,37)/t20-/m0/s1. The molecule has 1 N–H and O–H groups in total. The zero-order chi connectivity index (χ0) is 31.2. The highest BCUT2D eigenvalue weighted by Gasteiger charge is 2.34. The van der Waals surface area contributed by atoms with Gasteiger partial charge < -0.3 is 19.7 Å². The summed E-state index contributed by atoms with van der Waals surface area (Å²) in [6, 6.07) is 15.1. The van der Waals surface area contributed by atoms with Crippen molar-refractivity contribution in [1.29, 1.82) is 0 Å². The second-order valence-corrected chi connectivity index (χ2v) is 13.3. The van der Waals surface area contributed by atoms with Gasteiger partial charge in [0.15, 0.2) is 11.5 Å². The van der Waals surface area contributed by atoms with Gasteiger partial charge in [0.2, 0.25) is 11.8 Å². The van der Waals surface area contributed by atoms with Gasteiger partial charge in [-0.15, -0.1) is 0 Å². The van der Waals surface area contributed by atoms with E-state index in [0.29, 0.717) is 5.75 Å². The number of amides is 2. The number of halogens is 2. The zero-order valence-corrected chi connectivity index (χ0v) is 26.8. The van der Waals surface area contributed by atoms with Gasteiger partial charge >= 0.3 is 0 Å². The molecule has 0 aliphatic heterocycles. The fourth-order valence-electron chi connectivity index (χ4n) is 4.08. The molecule has 0 fully saturated rings. The van der Waals surface area contributed by atoms with Crippen molar-refractivity contribution in [3.63, 3.8) is 0 Å². The molecule has 226 valence electrons. The Morgan fingerprint density at radius 3 is 2.10 bits per heavy atom. The van der Waals surface area contributed by atoms with E-state index in [9.17, 15) is 22.4 Å². The van der Waals surface area contributed by atoms with Crippen LogP contribution in [0.2, 0.25) is 0 Å². The van der Waals surface area contributed by atoms with Crippen LogP contribution >= 0.6 is 15.9 Å². The lowest BCUT2D eigenvalue weighted by Gasteiger charge is -2.33. The molecule has 0 radical (unpaired) electrons. The summed E-state index contributed by atoms with van der Waals surface area (Å²) in [5, 5.41) is 2.88. The number of hydrogen-bond donors (Lipinski definition) is 1. The Bertz CT molecular complexity index is 1510. The molecule has 0 unspecified atom stereocenters. The molecule has 3 aromatic rings. The minimum absolute atomic E-state index is 0.0402. The quantitative estimate of drug-likeness (QED) is 0.305. The number of methoxy groups -OCH3 is 2. The summed E-state index contributed by atoms with van der Waals surface area (Å²) in [5.41, 5.74) is 0.238. The Balaban J connectivity index is 2.07. The fourth-order valence-corrected chi connectivity index (χ4v) is 5.78. The predicted molar refractivity (Wildman–Crippen MR) is 163 cm³/mol. The number of sulfonamides is 1. The second-order valence-electron chi connectivity index (χ2n) is 10.6. The average molecular weight is 665 g/mol. The van der Waals surface area contributed by atoms with Gasteiger partial charge in [-0.25, -0.2) is 12.8 Å². The van der Waals surface area contributed by atoms with Crippen molar-refractivity contribution in [2.75, 3.05) is 25.1 Å². The number of ether oxygens (including phenoxy) is 2. The molecule has 0 spiro atoms. The summed E-state index contributed by atoms with van der Waals surface area (Å²) >= 11 is 3.39. The van der Waals surface area contributed by atoms with Crippen LogP contribution in [0.25, 0.3) is 0 Å². The molecule has 42 heavy (non-hydrogen) atoms. The number of hydrogen-bond acceptors (Lipinski definition) is 6.